The van der Waals surface area contributed by atoms with E-state index in [2.05, 4.69) is 49.5 Å². The van der Waals surface area contributed by atoms with Gasteiger partial charge in [-0.05, 0) is 40.3 Å². The molecule has 0 saturated heterocycles. The highest BCUT2D eigenvalue weighted by Crippen LogP contribution is 2.53. The third kappa shape index (κ3) is 2.85. The van der Waals surface area contributed by atoms with Crippen LogP contribution in [0.2, 0.25) is 5.02 Å². The summed E-state index contributed by atoms with van der Waals surface area (Å²) in [6.07, 6.45) is 1.36. The number of Topliss-reactive ketones (excluding diaryl/α,β-unsaturated/α-hetero) is 1. The number of carbonyl (C=O) groups excluding carboxylic acids is 1. The van der Waals surface area contributed by atoms with E-state index in [0.717, 1.165) is 34.4 Å². The quantitative estimate of drug-likeness (QED) is 0.475. The van der Waals surface area contributed by atoms with Crippen LogP contribution in [0.4, 0.5) is 5.69 Å². The van der Waals surface area contributed by atoms with Gasteiger partial charge >= 0.3 is 0 Å². The molecule has 0 saturated carbocycles. The van der Waals surface area contributed by atoms with Crippen molar-refractivity contribution in [3.05, 3.63) is 70.3 Å². The lowest BCUT2D eigenvalue weighted by Crippen LogP contribution is -2.33. The highest BCUT2D eigenvalue weighted by molar-refractivity contribution is 6.32. The molecule has 1 aliphatic carbocycles. The number of allylic oxidation sites excluding steroid dienone is 1. The van der Waals surface area contributed by atoms with Gasteiger partial charge in [-0.2, -0.15) is 0 Å². The molecule has 1 N–H and O–H groups in total. The van der Waals surface area contributed by atoms with Gasteiger partial charge in [0.2, 0.25) is 6.79 Å². The van der Waals surface area contributed by atoms with Gasteiger partial charge in [0, 0.05) is 34.9 Å². The number of ketones is 1. The predicted octanol–water partition coefficient (Wildman–Crippen LogP) is 6.53. The lowest BCUT2D eigenvalue weighted by Gasteiger charge is -2.40. The Bertz CT molecular complexity index is 1310. The minimum absolute atomic E-state index is 0.0926. The summed E-state index contributed by atoms with van der Waals surface area (Å²) in [5.41, 5.74) is 4.87. The Morgan fingerprint density at radius 3 is 2.65 bits per heavy atom. The van der Waals surface area contributed by atoms with Crippen molar-refractivity contribution < 1.29 is 14.3 Å². The normalized spacial score (nSPS) is 21.0. The van der Waals surface area contributed by atoms with Gasteiger partial charge in [-0.1, -0.05) is 55.8 Å². The number of carbonyl (C=O) groups is 1. The first kappa shape index (κ1) is 18.8. The summed E-state index contributed by atoms with van der Waals surface area (Å²) in [7, 11) is 0. The van der Waals surface area contributed by atoms with Gasteiger partial charge in [-0.15, -0.1) is 0 Å². The summed E-state index contributed by atoms with van der Waals surface area (Å²) in [5, 5.41) is 6.54. The zero-order chi connectivity index (χ0) is 21.3. The summed E-state index contributed by atoms with van der Waals surface area (Å²) < 4.78 is 11.1. The van der Waals surface area contributed by atoms with E-state index in [0.29, 0.717) is 22.9 Å². The van der Waals surface area contributed by atoms with Crippen LogP contribution in [0.5, 0.6) is 11.5 Å². The van der Waals surface area contributed by atoms with Crippen LogP contribution in [-0.2, 0) is 4.79 Å². The fraction of sp³-hybridized carbons (Fsp3) is 0.269. The average Bonchev–Trinajstić information content (AvgIpc) is 3.18. The lowest BCUT2D eigenvalue weighted by molar-refractivity contribution is -0.118. The topological polar surface area (TPSA) is 47.6 Å². The molecule has 0 spiro atoms. The van der Waals surface area contributed by atoms with Crippen LogP contribution in [0.1, 0.15) is 43.9 Å². The number of halogens is 1. The molecule has 3 aromatic rings. The van der Waals surface area contributed by atoms with Gasteiger partial charge in [0.15, 0.2) is 17.3 Å². The molecule has 0 amide bonds. The Hall–Kier alpha value is -2.98. The Balaban J connectivity index is 1.62. The predicted molar refractivity (Wildman–Crippen MR) is 123 cm³/mol. The van der Waals surface area contributed by atoms with E-state index in [1.54, 1.807) is 6.07 Å². The van der Waals surface area contributed by atoms with E-state index in [9.17, 15) is 4.79 Å². The molecule has 2 aliphatic heterocycles. The molecule has 3 aromatic carbocycles. The number of hydrogen-bond donors (Lipinski definition) is 1. The molecule has 5 heteroatoms. The van der Waals surface area contributed by atoms with Crippen molar-refractivity contribution in [2.45, 2.75) is 32.7 Å². The van der Waals surface area contributed by atoms with Gasteiger partial charge in [-0.3, -0.25) is 4.79 Å². The van der Waals surface area contributed by atoms with E-state index in [1.165, 1.54) is 10.8 Å². The standard InChI is InChI=1S/C26H22ClNO3/c1-26(2)11-17-23-15-6-4-3-5-14(15)7-8-19(23)28-25(24(17)20(29)12-26)16-9-21-22(10-18(16)27)31-13-30-21/h3-10,25,28H,11-13H2,1-2H3/t25-/m0/s1. The van der Waals surface area contributed by atoms with Crippen LogP contribution in [0.3, 0.4) is 0 Å². The molecule has 4 nitrogen and oxygen atoms in total. The number of hydrogen-bond acceptors (Lipinski definition) is 4. The first-order valence-corrected chi connectivity index (χ1v) is 10.9. The molecule has 156 valence electrons. The fourth-order valence-electron chi connectivity index (χ4n) is 5.22. The Morgan fingerprint density at radius 2 is 1.81 bits per heavy atom. The van der Waals surface area contributed by atoms with Gasteiger partial charge in [0.25, 0.3) is 0 Å². The molecular formula is C26H22ClNO3. The molecule has 0 aromatic heterocycles. The van der Waals surface area contributed by atoms with Crippen LogP contribution in [0.15, 0.2) is 54.1 Å². The average molecular weight is 432 g/mol. The monoisotopic (exact) mass is 431 g/mol. The number of benzene rings is 3. The second kappa shape index (κ2) is 6.51. The first-order valence-electron chi connectivity index (χ1n) is 10.6. The van der Waals surface area contributed by atoms with Crippen molar-refractivity contribution in [2.75, 3.05) is 12.1 Å². The largest absolute Gasteiger partial charge is 0.454 e. The van der Waals surface area contributed by atoms with E-state index < -0.39 is 0 Å². The second-order valence-corrected chi connectivity index (χ2v) is 9.75. The number of rotatable bonds is 1. The van der Waals surface area contributed by atoms with Crippen molar-refractivity contribution in [1.82, 2.24) is 0 Å². The summed E-state index contributed by atoms with van der Waals surface area (Å²) in [4.78, 5) is 13.5. The summed E-state index contributed by atoms with van der Waals surface area (Å²) in [6, 6.07) is 16.0. The van der Waals surface area contributed by atoms with Crippen molar-refractivity contribution in [1.29, 1.82) is 0 Å². The van der Waals surface area contributed by atoms with Crippen molar-refractivity contribution in [3.63, 3.8) is 0 Å². The molecule has 0 radical (unpaired) electrons. The maximum absolute atomic E-state index is 13.5. The third-order valence-corrected chi connectivity index (χ3v) is 6.87. The lowest BCUT2D eigenvalue weighted by atomic mass is 9.68. The number of nitrogens with one attached hydrogen (secondary N) is 1. The van der Waals surface area contributed by atoms with Gasteiger partial charge in [0.1, 0.15) is 0 Å². The van der Waals surface area contributed by atoms with Crippen molar-refractivity contribution in [3.8, 4) is 11.5 Å². The SMILES string of the molecule is CC1(C)CC(=O)C2=C(C1)c1c(ccc3ccccc13)N[C@H]2c1cc2c(cc1Cl)OCO2. The Morgan fingerprint density at radius 1 is 1.03 bits per heavy atom. The van der Waals surface area contributed by atoms with Crippen LogP contribution in [0.25, 0.3) is 16.3 Å². The van der Waals surface area contributed by atoms with Gasteiger partial charge in [-0.25, -0.2) is 0 Å². The smallest absolute Gasteiger partial charge is 0.231 e. The molecule has 31 heavy (non-hydrogen) atoms. The number of anilines is 1. The molecule has 2 heterocycles. The van der Waals surface area contributed by atoms with E-state index in [4.69, 9.17) is 21.1 Å². The highest BCUT2D eigenvalue weighted by Gasteiger charge is 2.41. The van der Waals surface area contributed by atoms with Crippen molar-refractivity contribution >= 4 is 39.4 Å². The van der Waals surface area contributed by atoms with E-state index in [-0.39, 0.29) is 24.0 Å². The van der Waals surface area contributed by atoms with E-state index in [1.807, 2.05) is 12.1 Å². The third-order valence-electron chi connectivity index (χ3n) is 6.54. The number of ether oxygens (including phenoxy) is 2. The second-order valence-electron chi connectivity index (χ2n) is 9.35. The Kier molecular flexibility index (Phi) is 3.94. The maximum atomic E-state index is 13.5. The molecule has 0 unspecified atom stereocenters. The molecule has 0 bridgehead atoms. The minimum Gasteiger partial charge on any atom is -0.454 e. The minimum atomic E-state index is -0.325. The first-order chi connectivity index (χ1) is 14.9. The van der Waals surface area contributed by atoms with Crippen LogP contribution in [0, 0.1) is 5.41 Å². The molecule has 3 aliphatic rings. The summed E-state index contributed by atoms with van der Waals surface area (Å²) in [6.45, 7) is 4.53. The zero-order valence-electron chi connectivity index (χ0n) is 17.4. The molecule has 0 fully saturated rings. The molecule has 6 rings (SSSR count). The van der Waals surface area contributed by atoms with Crippen LogP contribution < -0.4 is 14.8 Å². The summed E-state index contributed by atoms with van der Waals surface area (Å²) in [5.74, 6) is 1.48. The maximum Gasteiger partial charge on any atom is 0.231 e. The van der Waals surface area contributed by atoms with Gasteiger partial charge < -0.3 is 14.8 Å². The highest BCUT2D eigenvalue weighted by atomic mass is 35.5. The number of fused-ring (bicyclic) bond motifs is 5. The van der Waals surface area contributed by atoms with E-state index >= 15 is 0 Å². The van der Waals surface area contributed by atoms with Crippen molar-refractivity contribution in [2.24, 2.45) is 5.41 Å². The zero-order valence-corrected chi connectivity index (χ0v) is 18.2. The summed E-state index contributed by atoms with van der Waals surface area (Å²) >= 11 is 6.69. The van der Waals surface area contributed by atoms with Gasteiger partial charge in [0.05, 0.1) is 11.1 Å². The fourth-order valence-corrected chi connectivity index (χ4v) is 5.49. The molecular weight excluding hydrogens is 410 g/mol. The Labute approximate surface area is 185 Å². The van der Waals surface area contributed by atoms with Crippen LogP contribution in [-0.4, -0.2) is 12.6 Å². The van der Waals surface area contributed by atoms with Crippen LogP contribution >= 0.6 is 11.6 Å². The molecule has 1 atom stereocenters.